The van der Waals surface area contributed by atoms with Gasteiger partial charge in [0.2, 0.25) is 5.82 Å². The summed E-state index contributed by atoms with van der Waals surface area (Å²) >= 11 is 0. The number of unbranched alkanes of at least 4 members (excludes halogenated alkanes) is 2. The SMILES string of the molecule is C=CCCC1CCC(COc2ccc(C3C=CC(/C=C/C4CCC(CCCCC)CC4)CC3)c(F)c2F)CC1. The van der Waals surface area contributed by atoms with Crippen LogP contribution in [0.15, 0.2) is 49.1 Å². The lowest BCUT2D eigenvalue weighted by Crippen LogP contribution is -2.20. The molecule has 3 aliphatic rings. The molecule has 1 aromatic carbocycles. The van der Waals surface area contributed by atoms with Gasteiger partial charge in [-0.3, -0.25) is 0 Å². The van der Waals surface area contributed by atoms with Gasteiger partial charge in [-0.05, 0) is 105 Å². The third-order valence-electron chi connectivity index (χ3n) is 9.84. The van der Waals surface area contributed by atoms with Crippen molar-refractivity contribution < 1.29 is 13.5 Å². The van der Waals surface area contributed by atoms with Crippen LogP contribution in [-0.2, 0) is 0 Å². The number of hydrogen-bond donors (Lipinski definition) is 0. The molecule has 4 rings (SSSR count). The number of halogens is 2. The van der Waals surface area contributed by atoms with E-state index in [0.717, 1.165) is 43.9 Å². The predicted octanol–water partition coefficient (Wildman–Crippen LogP) is 11.1. The molecule has 216 valence electrons. The van der Waals surface area contributed by atoms with Crippen LogP contribution in [-0.4, -0.2) is 6.61 Å². The van der Waals surface area contributed by atoms with E-state index in [4.69, 9.17) is 4.74 Å². The van der Waals surface area contributed by atoms with Gasteiger partial charge >= 0.3 is 0 Å². The summed E-state index contributed by atoms with van der Waals surface area (Å²) in [5.74, 6) is 1.69. The minimum absolute atomic E-state index is 0.0608. The maximum Gasteiger partial charge on any atom is 0.200 e. The van der Waals surface area contributed by atoms with E-state index >= 15 is 4.39 Å². The molecule has 0 aliphatic heterocycles. The topological polar surface area (TPSA) is 9.23 Å². The quantitative estimate of drug-likeness (QED) is 0.179. The lowest BCUT2D eigenvalue weighted by Gasteiger charge is -2.28. The smallest absolute Gasteiger partial charge is 0.200 e. The van der Waals surface area contributed by atoms with Crippen molar-refractivity contribution in [2.24, 2.45) is 29.6 Å². The molecule has 0 heterocycles. The second-order valence-electron chi connectivity index (χ2n) is 12.7. The van der Waals surface area contributed by atoms with Gasteiger partial charge in [0, 0.05) is 5.92 Å². The molecule has 2 atom stereocenters. The number of benzene rings is 1. The van der Waals surface area contributed by atoms with Crippen molar-refractivity contribution in [1.29, 1.82) is 0 Å². The summed E-state index contributed by atoms with van der Waals surface area (Å²) in [7, 11) is 0. The first-order valence-corrected chi connectivity index (χ1v) is 16.2. The summed E-state index contributed by atoms with van der Waals surface area (Å²) in [5, 5.41) is 0. The van der Waals surface area contributed by atoms with Gasteiger partial charge < -0.3 is 4.74 Å². The molecule has 0 bridgehead atoms. The molecule has 1 nitrogen and oxygen atoms in total. The number of ether oxygens (including phenoxy) is 1. The fourth-order valence-corrected chi connectivity index (χ4v) is 7.11. The van der Waals surface area contributed by atoms with Crippen LogP contribution in [0.5, 0.6) is 5.75 Å². The Kier molecular flexibility index (Phi) is 12.2. The molecule has 0 aromatic heterocycles. The van der Waals surface area contributed by atoms with Gasteiger partial charge in [-0.15, -0.1) is 6.58 Å². The van der Waals surface area contributed by atoms with Crippen molar-refractivity contribution in [3.8, 4) is 5.75 Å². The number of allylic oxidation sites excluding steroid dienone is 5. The van der Waals surface area contributed by atoms with E-state index in [1.54, 1.807) is 12.1 Å². The summed E-state index contributed by atoms with van der Waals surface area (Å²) in [6.45, 7) is 6.57. The molecule has 0 radical (unpaired) electrons. The summed E-state index contributed by atoms with van der Waals surface area (Å²) in [4.78, 5) is 0. The first-order chi connectivity index (χ1) is 19.1. The predicted molar refractivity (Wildman–Crippen MR) is 160 cm³/mol. The number of hydrogen-bond acceptors (Lipinski definition) is 1. The minimum atomic E-state index is -0.826. The molecule has 0 amide bonds. The summed E-state index contributed by atoms with van der Waals surface area (Å²) in [5.41, 5.74) is 0.461. The molecule has 2 unspecified atom stereocenters. The van der Waals surface area contributed by atoms with Gasteiger partial charge in [-0.25, -0.2) is 4.39 Å². The lowest BCUT2D eigenvalue weighted by molar-refractivity contribution is 0.174. The molecule has 3 heteroatoms. The zero-order valence-electron chi connectivity index (χ0n) is 24.4. The average Bonchev–Trinajstić information content (AvgIpc) is 2.97. The lowest BCUT2D eigenvalue weighted by atomic mass is 9.78. The fourth-order valence-electron chi connectivity index (χ4n) is 7.11. The third-order valence-corrected chi connectivity index (χ3v) is 9.84. The van der Waals surface area contributed by atoms with Gasteiger partial charge in [0.05, 0.1) is 6.61 Å². The normalized spacial score (nSPS) is 29.5. The summed E-state index contributed by atoms with van der Waals surface area (Å²) in [6.07, 6.45) is 30.7. The Bertz CT molecular complexity index is 934. The molecular formula is C36H52F2O. The molecule has 0 spiro atoms. The van der Waals surface area contributed by atoms with E-state index in [1.807, 2.05) is 6.08 Å². The highest BCUT2D eigenvalue weighted by Gasteiger charge is 2.25. The number of rotatable bonds is 13. The first kappa shape index (κ1) is 30.1. The Balaban J connectivity index is 1.22. The first-order valence-electron chi connectivity index (χ1n) is 16.2. The molecule has 39 heavy (non-hydrogen) atoms. The minimum Gasteiger partial charge on any atom is -0.490 e. The molecule has 2 fully saturated rings. The average molecular weight is 539 g/mol. The maximum atomic E-state index is 15.1. The van der Waals surface area contributed by atoms with Gasteiger partial charge in [-0.2, -0.15) is 4.39 Å². The van der Waals surface area contributed by atoms with Gasteiger partial charge in [-0.1, -0.05) is 81.9 Å². The van der Waals surface area contributed by atoms with E-state index in [1.165, 1.54) is 70.6 Å². The molecule has 2 saturated carbocycles. The van der Waals surface area contributed by atoms with Crippen molar-refractivity contribution in [2.75, 3.05) is 6.61 Å². The third kappa shape index (κ3) is 9.05. The second-order valence-corrected chi connectivity index (χ2v) is 12.7. The Hall–Kier alpha value is -1.90. The van der Waals surface area contributed by atoms with Gasteiger partial charge in [0.1, 0.15) is 0 Å². The van der Waals surface area contributed by atoms with Crippen molar-refractivity contribution in [2.45, 2.75) is 116 Å². The van der Waals surface area contributed by atoms with Crippen molar-refractivity contribution in [3.63, 3.8) is 0 Å². The van der Waals surface area contributed by atoms with Crippen LogP contribution in [0.2, 0.25) is 0 Å². The van der Waals surface area contributed by atoms with Crippen LogP contribution >= 0.6 is 0 Å². The van der Waals surface area contributed by atoms with Crippen LogP contribution in [0.3, 0.4) is 0 Å². The van der Waals surface area contributed by atoms with Crippen molar-refractivity contribution in [3.05, 3.63) is 66.3 Å². The zero-order valence-corrected chi connectivity index (χ0v) is 24.4. The largest absolute Gasteiger partial charge is 0.490 e. The van der Waals surface area contributed by atoms with Crippen LogP contribution in [0.4, 0.5) is 8.78 Å². The van der Waals surface area contributed by atoms with Gasteiger partial charge in [0.15, 0.2) is 11.6 Å². The highest BCUT2D eigenvalue weighted by atomic mass is 19.2. The van der Waals surface area contributed by atoms with E-state index in [9.17, 15) is 4.39 Å². The Morgan fingerprint density at radius 2 is 1.51 bits per heavy atom. The van der Waals surface area contributed by atoms with Crippen molar-refractivity contribution >= 4 is 0 Å². The molecule has 0 N–H and O–H groups in total. The molecule has 1 aromatic rings. The standard InChI is InChI=1S/C36H52F2O/c1-3-5-7-9-28-10-12-29(13-11-28)14-15-30-20-22-32(23-21-30)33-24-25-34(36(38)35(33)37)39-26-31-18-16-27(17-19-31)8-6-4-2/h4,14-15,20,22,24-25,27-32H,2-3,5-13,16-19,21,23,26H2,1H3/b15-14+. The van der Waals surface area contributed by atoms with Crippen LogP contribution < -0.4 is 4.74 Å². The Morgan fingerprint density at radius 3 is 2.21 bits per heavy atom. The fraction of sp³-hybridized carbons (Fsp3) is 0.667. The molecule has 3 aliphatic carbocycles. The summed E-state index contributed by atoms with van der Waals surface area (Å²) < 4.78 is 35.8. The molecular weight excluding hydrogens is 486 g/mol. The van der Waals surface area contributed by atoms with E-state index in [-0.39, 0.29) is 11.7 Å². The zero-order chi connectivity index (χ0) is 27.5. The van der Waals surface area contributed by atoms with Crippen LogP contribution in [0, 0.1) is 41.2 Å². The van der Waals surface area contributed by atoms with E-state index < -0.39 is 11.6 Å². The van der Waals surface area contributed by atoms with Crippen LogP contribution in [0.25, 0.3) is 0 Å². The highest BCUT2D eigenvalue weighted by Crippen LogP contribution is 2.37. The van der Waals surface area contributed by atoms with E-state index in [0.29, 0.717) is 29.9 Å². The van der Waals surface area contributed by atoms with Crippen molar-refractivity contribution in [1.82, 2.24) is 0 Å². The van der Waals surface area contributed by atoms with E-state index in [2.05, 4.69) is 37.8 Å². The highest BCUT2D eigenvalue weighted by molar-refractivity contribution is 5.35. The summed E-state index contributed by atoms with van der Waals surface area (Å²) in [6, 6.07) is 3.38. The van der Waals surface area contributed by atoms with Gasteiger partial charge in [0.25, 0.3) is 0 Å². The monoisotopic (exact) mass is 538 g/mol. The van der Waals surface area contributed by atoms with Crippen LogP contribution in [0.1, 0.15) is 121 Å². The second kappa shape index (κ2) is 15.8. The Morgan fingerprint density at radius 1 is 0.795 bits per heavy atom. The Labute approximate surface area is 237 Å². The maximum absolute atomic E-state index is 15.1. The molecule has 0 saturated heterocycles.